The maximum absolute atomic E-state index is 12.5. The molecule has 5 nitrogen and oxygen atoms in total. The Hall–Kier alpha value is -0.830. The molecule has 0 radical (unpaired) electrons. The number of halogens is 3. The molecule has 0 rings (SSSR count). The normalized spacial score (nSPS) is 13.6. The van der Waals surface area contributed by atoms with Crippen molar-refractivity contribution in [2.75, 3.05) is 13.2 Å². The maximum Gasteiger partial charge on any atom is 0.402 e. The van der Waals surface area contributed by atoms with Crippen LogP contribution in [0.3, 0.4) is 0 Å². The van der Waals surface area contributed by atoms with Gasteiger partial charge < -0.3 is 4.74 Å². The topological polar surface area (TPSA) is 69.7 Å². The van der Waals surface area contributed by atoms with E-state index in [9.17, 15) is 26.4 Å². The van der Waals surface area contributed by atoms with Gasteiger partial charge in [-0.15, -0.1) is 0 Å². The average molecular weight is 292 g/mol. The molecule has 0 amide bonds. The Morgan fingerprint density at radius 3 is 2.33 bits per heavy atom. The zero-order valence-corrected chi connectivity index (χ0v) is 10.6. The van der Waals surface area contributed by atoms with Crippen LogP contribution >= 0.6 is 0 Å². The van der Waals surface area contributed by atoms with E-state index in [0.29, 0.717) is 6.42 Å². The highest BCUT2D eigenvalue weighted by Gasteiger charge is 2.45. The summed E-state index contributed by atoms with van der Waals surface area (Å²) in [6.07, 6.45) is -4.21. The largest absolute Gasteiger partial charge is 0.463 e. The highest BCUT2D eigenvalue weighted by Crippen LogP contribution is 2.31. The Bertz CT molecular complexity index is 319. The van der Waals surface area contributed by atoms with Gasteiger partial charge in [0.05, 0.1) is 0 Å². The molecule has 18 heavy (non-hydrogen) atoms. The fraction of sp³-hybridized carbons (Fsp3) is 0.889. The van der Waals surface area contributed by atoms with Crippen molar-refractivity contribution in [3.8, 4) is 0 Å². The second kappa shape index (κ2) is 8.30. The predicted molar refractivity (Wildman–Crippen MR) is 56.3 cm³/mol. The highest BCUT2D eigenvalue weighted by molar-refractivity contribution is 7.67. The molecule has 0 fully saturated rings. The van der Waals surface area contributed by atoms with Crippen molar-refractivity contribution >= 4 is 17.0 Å². The lowest BCUT2D eigenvalue weighted by Gasteiger charge is -2.18. The quantitative estimate of drug-likeness (QED) is 0.416. The number of carbonyl (C=O) groups is 1. The molecule has 0 aliphatic carbocycles. The second-order valence-electron chi connectivity index (χ2n) is 3.46. The van der Waals surface area contributed by atoms with Gasteiger partial charge in [0.15, 0.2) is 5.92 Å². The maximum atomic E-state index is 12.5. The molecule has 0 saturated heterocycles. The van der Waals surface area contributed by atoms with E-state index in [1.54, 1.807) is 6.92 Å². The number of carbonyl (C=O) groups excluding carboxylic acids is 1. The lowest BCUT2D eigenvalue weighted by molar-refractivity contribution is -0.199. The van der Waals surface area contributed by atoms with Crippen molar-refractivity contribution < 1.29 is 35.3 Å². The third-order valence-corrected chi connectivity index (χ3v) is 2.44. The molecule has 0 aromatic heterocycles. The fourth-order valence-corrected chi connectivity index (χ4v) is 1.40. The van der Waals surface area contributed by atoms with Gasteiger partial charge in [-0.2, -0.15) is 13.2 Å². The minimum Gasteiger partial charge on any atom is -0.463 e. The summed E-state index contributed by atoms with van der Waals surface area (Å²) < 4.78 is 65.8. The van der Waals surface area contributed by atoms with Crippen molar-refractivity contribution in [3.63, 3.8) is 0 Å². The number of esters is 1. The van der Waals surface area contributed by atoms with Gasteiger partial charge in [-0.25, -0.2) is 8.42 Å². The van der Waals surface area contributed by atoms with Gasteiger partial charge >= 0.3 is 12.1 Å². The Morgan fingerprint density at radius 1 is 1.28 bits per heavy atom. The Labute approximate surface area is 104 Å². The molecule has 0 spiro atoms. The lowest BCUT2D eigenvalue weighted by atomic mass is 10.0. The summed E-state index contributed by atoms with van der Waals surface area (Å²) in [6, 6.07) is 0. The Balaban J connectivity index is 4.21. The van der Waals surface area contributed by atoms with Gasteiger partial charge in [-0.3, -0.25) is 8.98 Å². The predicted octanol–water partition coefficient (Wildman–Crippen LogP) is 1.44. The molecule has 9 heteroatoms. The van der Waals surface area contributed by atoms with E-state index in [0.717, 1.165) is 0 Å². The Kier molecular flexibility index (Phi) is 7.92. The molecule has 0 saturated carbocycles. The first-order chi connectivity index (χ1) is 8.29. The summed E-state index contributed by atoms with van der Waals surface area (Å²) in [6.45, 7) is 0.695. The van der Waals surface area contributed by atoms with Gasteiger partial charge in [-0.05, 0) is 6.42 Å². The monoisotopic (exact) mass is 292 g/mol. The molecular weight excluding hydrogens is 277 g/mol. The van der Waals surface area contributed by atoms with Gasteiger partial charge in [0.25, 0.3) is 11.0 Å². The summed E-state index contributed by atoms with van der Waals surface area (Å²) in [5, 5.41) is 0. The molecule has 0 aromatic carbocycles. The van der Waals surface area contributed by atoms with Crippen molar-refractivity contribution in [2.45, 2.75) is 32.4 Å². The van der Waals surface area contributed by atoms with Crippen LogP contribution in [-0.2, 0) is 24.7 Å². The molecule has 108 valence electrons. The van der Waals surface area contributed by atoms with E-state index in [4.69, 9.17) is 0 Å². The first-order valence-electron chi connectivity index (χ1n) is 5.29. The van der Waals surface area contributed by atoms with Crippen molar-refractivity contribution in [2.24, 2.45) is 5.92 Å². The molecule has 0 aliphatic rings. The minimum absolute atomic E-state index is 0.252. The Morgan fingerprint density at radius 2 is 1.89 bits per heavy atom. The first-order valence-corrected chi connectivity index (χ1v) is 6.39. The zero-order valence-electron chi connectivity index (χ0n) is 9.74. The number of hydrogen-bond acceptors (Lipinski definition) is 5. The van der Waals surface area contributed by atoms with Crippen LogP contribution < -0.4 is 0 Å². The molecule has 1 atom stereocenters. The summed E-state index contributed by atoms with van der Waals surface area (Å²) in [7, 11) is -3.09. The van der Waals surface area contributed by atoms with Gasteiger partial charge in [-0.1, -0.05) is 19.8 Å². The van der Waals surface area contributed by atoms with Crippen LogP contribution in [0, 0.1) is 5.92 Å². The number of thiol groups is 1. The van der Waals surface area contributed by atoms with E-state index in [2.05, 4.69) is 8.92 Å². The standard InChI is InChI=1S/C9H15F3O5S/c1-2-3-4-7(9(10,11)12)8(13)16-5-6-17-18(14)15/h7,18H,2-6H2,1H3. The SMILES string of the molecule is CCCCC(C(=O)OCCO[SH](=O)=O)C(F)(F)F. The molecule has 0 bridgehead atoms. The van der Waals surface area contributed by atoms with Gasteiger partial charge in [0, 0.05) is 0 Å². The highest BCUT2D eigenvalue weighted by atomic mass is 32.2. The number of ether oxygens (including phenoxy) is 1. The summed E-state index contributed by atoms with van der Waals surface area (Å²) in [4.78, 5) is 11.2. The smallest absolute Gasteiger partial charge is 0.402 e. The van der Waals surface area contributed by atoms with Crippen LogP contribution in [0.25, 0.3) is 0 Å². The molecule has 0 N–H and O–H groups in total. The van der Waals surface area contributed by atoms with E-state index in [1.807, 2.05) is 0 Å². The minimum atomic E-state index is -4.66. The van der Waals surface area contributed by atoms with Crippen LogP contribution in [0.1, 0.15) is 26.2 Å². The molecule has 0 aromatic rings. The van der Waals surface area contributed by atoms with Gasteiger partial charge in [0.1, 0.15) is 13.2 Å². The molecule has 0 aliphatic heterocycles. The van der Waals surface area contributed by atoms with E-state index < -0.39 is 42.3 Å². The number of unbranched alkanes of at least 4 members (excludes halogenated alkanes) is 1. The summed E-state index contributed by atoms with van der Waals surface area (Å²) in [5.41, 5.74) is 0. The molecular formula is C9H15F3O5S. The lowest BCUT2D eigenvalue weighted by Crippen LogP contribution is -2.32. The van der Waals surface area contributed by atoms with E-state index >= 15 is 0 Å². The van der Waals surface area contributed by atoms with Crippen LogP contribution in [0.5, 0.6) is 0 Å². The van der Waals surface area contributed by atoms with Gasteiger partial charge in [0.2, 0.25) is 0 Å². The fourth-order valence-electron chi connectivity index (χ4n) is 1.18. The zero-order chi connectivity index (χ0) is 14.2. The molecule has 0 heterocycles. The van der Waals surface area contributed by atoms with Crippen LogP contribution in [0.2, 0.25) is 0 Å². The molecule has 1 unspecified atom stereocenters. The summed E-state index contributed by atoms with van der Waals surface area (Å²) >= 11 is 0. The third-order valence-electron chi connectivity index (χ3n) is 2.05. The first kappa shape index (κ1) is 17.2. The van der Waals surface area contributed by atoms with Crippen molar-refractivity contribution in [1.29, 1.82) is 0 Å². The van der Waals surface area contributed by atoms with Crippen molar-refractivity contribution in [3.05, 3.63) is 0 Å². The average Bonchev–Trinajstić information content (AvgIpc) is 2.22. The van der Waals surface area contributed by atoms with Crippen LogP contribution in [-0.4, -0.2) is 33.8 Å². The third kappa shape index (κ3) is 7.49. The second-order valence-corrected chi connectivity index (χ2v) is 4.17. The number of rotatable bonds is 8. The van der Waals surface area contributed by atoms with E-state index in [-0.39, 0.29) is 12.8 Å². The summed E-state index contributed by atoms with van der Waals surface area (Å²) in [5.74, 6) is -3.57. The van der Waals surface area contributed by atoms with Crippen LogP contribution in [0.15, 0.2) is 0 Å². The van der Waals surface area contributed by atoms with Crippen LogP contribution in [0.4, 0.5) is 13.2 Å². The van der Waals surface area contributed by atoms with Crippen molar-refractivity contribution in [1.82, 2.24) is 0 Å². The number of hydrogen-bond donors (Lipinski definition) is 1. The van der Waals surface area contributed by atoms with E-state index in [1.165, 1.54) is 0 Å². The number of alkyl halides is 3.